The van der Waals surface area contributed by atoms with E-state index in [0.29, 0.717) is 37.1 Å². The quantitative estimate of drug-likeness (QED) is 0.721. The van der Waals surface area contributed by atoms with E-state index in [1.807, 2.05) is 0 Å². The first-order valence-electron chi connectivity index (χ1n) is 7.20. The lowest BCUT2D eigenvalue weighted by molar-refractivity contribution is -0.136. The van der Waals surface area contributed by atoms with Crippen LogP contribution in [-0.2, 0) is 17.8 Å². The number of aliphatic carboxylic acids is 1. The molecule has 0 aliphatic heterocycles. The molecule has 0 radical (unpaired) electrons. The fraction of sp³-hybridized carbons (Fsp3) is 0.118. The zero-order chi connectivity index (χ0) is 18.1. The van der Waals surface area contributed by atoms with Crippen molar-refractivity contribution in [3.63, 3.8) is 0 Å². The molecule has 0 bridgehead atoms. The van der Waals surface area contributed by atoms with E-state index < -0.39 is 5.97 Å². The highest BCUT2D eigenvalue weighted by Gasteiger charge is 2.14. The second-order valence-electron chi connectivity index (χ2n) is 5.42. The Kier molecular flexibility index (Phi) is 4.99. The van der Waals surface area contributed by atoms with Crippen LogP contribution in [0.2, 0.25) is 15.1 Å². The summed E-state index contributed by atoms with van der Waals surface area (Å²) in [7, 11) is 0. The Morgan fingerprint density at radius 2 is 1.80 bits per heavy atom. The third kappa shape index (κ3) is 3.79. The lowest BCUT2D eigenvalue weighted by Gasteiger charge is -2.11. The topological polar surface area (TPSA) is 72.2 Å². The van der Waals surface area contributed by atoms with E-state index in [1.54, 1.807) is 30.3 Å². The van der Waals surface area contributed by atoms with Crippen LogP contribution in [0.25, 0.3) is 10.8 Å². The number of hydrogen-bond acceptors (Lipinski definition) is 3. The summed E-state index contributed by atoms with van der Waals surface area (Å²) in [5.74, 6) is -1.04. The SMILES string of the molecule is O=C(O)Cc1nn(Cc2ccc(Cl)c(Cl)c2)c(=O)c2cc(Cl)ccc12. The van der Waals surface area contributed by atoms with Crippen LogP contribution in [0, 0.1) is 0 Å². The van der Waals surface area contributed by atoms with Gasteiger partial charge in [0.25, 0.3) is 5.56 Å². The molecular formula is C17H11Cl3N2O3. The third-order valence-corrected chi connectivity index (χ3v) is 4.61. The minimum Gasteiger partial charge on any atom is -0.481 e. The van der Waals surface area contributed by atoms with Crippen LogP contribution in [0.4, 0.5) is 0 Å². The van der Waals surface area contributed by atoms with Gasteiger partial charge >= 0.3 is 5.97 Å². The van der Waals surface area contributed by atoms with E-state index in [-0.39, 0.29) is 18.5 Å². The molecule has 3 aromatic rings. The predicted octanol–water partition coefficient (Wildman–Crippen LogP) is 4.03. The van der Waals surface area contributed by atoms with Crippen molar-refractivity contribution in [1.82, 2.24) is 9.78 Å². The summed E-state index contributed by atoms with van der Waals surface area (Å²) >= 11 is 17.9. The molecule has 8 heteroatoms. The Morgan fingerprint density at radius 3 is 2.48 bits per heavy atom. The highest BCUT2D eigenvalue weighted by atomic mass is 35.5. The first-order valence-corrected chi connectivity index (χ1v) is 8.33. The van der Waals surface area contributed by atoms with Gasteiger partial charge in [0.15, 0.2) is 0 Å². The first-order chi connectivity index (χ1) is 11.8. The molecule has 0 spiro atoms. The number of carboxylic acids is 1. The van der Waals surface area contributed by atoms with Crippen molar-refractivity contribution >= 4 is 51.5 Å². The molecule has 0 saturated heterocycles. The number of carbonyl (C=O) groups is 1. The zero-order valence-electron chi connectivity index (χ0n) is 12.7. The number of benzene rings is 2. The summed E-state index contributed by atoms with van der Waals surface area (Å²) in [6.07, 6.45) is -0.306. The molecule has 1 aromatic heterocycles. The molecule has 1 N–H and O–H groups in total. The molecule has 3 rings (SSSR count). The number of carboxylic acid groups (broad SMARTS) is 1. The van der Waals surface area contributed by atoms with Gasteiger partial charge in [-0.3, -0.25) is 9.59 Å². The Labute approximate surface area is 157 Å². The van der Waals surface area contributed by atoms with E-state index in [9.17, 15) is 9.59 Å². The molecule has 25 heavy (non-hydrogen) atoms. The van der Waals surface area contributed by atoms with Gasteiger partial charge in [-0.05, 0) is 29.8 Å². The number of nitrogens with zero attached hydrogens (tertiary/aromatic N) is 2. The number of fused-ring (bicyclic) bond motifs is 1. The molecule has 2 aromatic carbocycles. The largest absolute Gasteiger partial charge is 0.481 e. The van der Waals surface area contributed by atoms with Gasteiger partial charge in [0, 0.05) is 10.4 Å². The molecule has 1 heterocycles. The number of halogens is 3. The van der Waals surface area contributed by atoms with Crippen molar-refractivity contribution in [1.29, 1.82) is 0 Å². The lowest BCUT2D eigenvalue weighted by atomic mass is 10.1. The van der Waals surface area contributed by atoms with Gasteiger partial charge in [-0.1, -0.05) is 46.9 Å². The fourth-order valence-electron chi connectivity index (χ4n) is 2.52. The highest BCUT2D eigenvalue weighted by molar-refractivity contribution is 6.42. The molecular weight excluding hydrogens is 387 g/mol. The molecule has 5 nitrogen and oxygen atoms in total. The van der Waals surface area contributed by atoms with Crippen molar-refractivity contribution in [3.8, 4) is 0 Å². The van der Waals surface area contributed by atoms with Crippen LogP contribution >= 0.6 is 34.8 Å². The molecule has 0 aliphatic carbocycles. The fourth-order valence-corrected chi connectivity index (χ4v) is 3.01. The van der Waals surface area contributed by atoms with Crippen LogP contribution < -0.4 is 5.56 Å². The Bertz CT molecular complexity index is 1050. The minimum atomic E-state index is -1.04. The van der Waals surface area contributed by atoms with E-state index in [2.05, 4.69) is 5.10 Å². The molecule has 0 amide bonds. The van der Waals surface area contributed by atoms with Crippen LogP contribution in [0.15, 0.2) is 41.2 Å². The van der Waals surface area contributed by atoms with Gasteiger partial charge in [-0.2, -0.15) is 5.10 Å². The van der Waals surface area contributed by atoms with Gasteiger partial charge in [0.2, 0.25) is 0 Å². The average molecular weight is 398 g/mol. The van der Waals surface area contributed by atoms with E-state index in [0.717, 1.165) is 0 Å². The van der Waals surface area contributed by atoms with Crippen molar-refractivity contribution in [2.45, 2.75) is 13.0 Å². The molecule has 0 aliphatic rings. The maximum atomic E-state index is 12.7. The monoisotopic (exact) mass is 396 g/mol. The predicted molar refractivity (Wildman–Crippen MR) is 97.9 cm³/mol. The third-order valence-electron chi connectivity index (χ3n) is 3.63. The van der Waals surface area contributed by atoms with Crippen molar-refractivity contribution < 1.29 is 9.90 Å². The summed E-state index contributed by atoms with van der Waals surface area (Å²) in [6.45, 7) is 0.130. The van der Waals surface area contributed by atoms with Gasteiger partial charge in [0.1, 0.15) is 0 Å². The van der Waals surface area contributed by atoms with Gasteiger partial charge in [-0.15, -0.1) is 0 Å². The summed E-state index contributed by atoms with van der Waals surface area (Å²) < 4.78 is 1.20. The van der Waals surface area contributed by atoms with Crippen LogP contribution in [0.5, 0.6) is 0 Å². The normalized spacial score (nSPS) is 11.0. The maximum Gasteiger partial charge on any atom is 0.309 e. The van der Waals surface area contributed by atoms with Crippen molar-refractivity contribution in [2.24, 2.45) is 0 Å². The van der Waals surface area contributed by atoms with Crippen molar-refractivity contribution in [3.05, 3.63) is 73.1 Å². The molecule has 0 atom stereocenters. The van der Waals surface area contributed by atoms with Crippen LogP contribution in [0.1, 0.15) is 11.3 Å². The van der Waals surface area contributed by atoms with E-state index in [4.69, 9.17) is 39.9 Å². The van der Waals surface area contributed by atoms with Gasteiger partial charge in [0.05, 0.1) is 34.1 Å². The van der Waals surface area contributed by atoms with Gasteiger partial charge < -0.3 is 5.11 Å². The smallest absolute Gasteiger partial charge is 0.309 e. The number of rotatable bonds is 4. The minimum absolute atomic E-state index is 0.130. The standard InChI is InChI=1S/C17H11Cl3N2O3/c18-10-2-3-11-12(6-10)17(25)22(21-15(11)7-16(23)24)8-9-1-4-13(19)14(20)5-9/h1-6H,7-8H2,(H,23,24). The van der Waals surface area contributed by atoms with E-state index >= 15 is 0 Å². The summed E-state index contributed by atoms with van der Waals surface area (Å²) in [6, 6.07) is 9.70. The van der Waals surface area contributed by atoms with Crippen LogP contribution in [-0.4, -0.2) is 20.9 Å². The molecule has 128 valence electrons. The zero-order valence-corrected chi connectivity index (χ0v) is 14.9. The number of aromatic nitrogens is 2. The molecule has 0 unspecified atom stereocenters. The van der Waals surface area contributed by atoms with Crippen LogP contribution in [0.3, 0.4) is 0 Å². The maximum absolute atomic E-state index is 12.7. The first kappa shape index (κ1) is 17.7. The summed E-state index contributed by atoms with van der Waals surface area (Å²) in [5, 5.41) is 15.3. The highest BCUT2D eigenvalue weighted by Crippen LogP contribution is 2.23. The average Bonchev–Trinajstić information content (AvgIpc) is 2.55. The number of hydrogen-bond donors (Lipinski definition) is 1. The lowest BCUT2D eigenvalue weighted by Crippen LogP contribution is -2.26. The van der Waals surface area contributed by atoms with Crippen molar-refractivity contribution in [2.75, 3.05) is 0 Å². The summed E-state index contributed by atoms with van der Waals surface area (Å²) in [5.41, 5.74) is 0.642. The van der Waals surface area contributed by atoms with Gasteiger partial charge in [-0.25, -0.2) is 4.68 Å². The molecule has 0 fully saturated rings. The molecule has 0 saturated carbocycles. The second-order valence-corrected chi connectivity index (χ2v) is 6.67. The van der Waals surface area contributed by atoms with E-state index in [1.165, 1.54) is 10.7 Å². The Balaban J connectivity index is 2.16. The summed E-state index contributed by atoms with van der Waals surface area (Å²) in [4.78, 5) is 23.8. The second kappa shape index (κ2) is 7.04. The Hall–Kier alpha value is -2.08. The Morgan fingerprint density at radius 1 is 1.04 bits per heavy atom.